The van der Waals surface area contributed by atoms with Gasteiger partial charge in [-0.2, -0.15) is 26.3 Å². The summed E-state index contributed by atoms with van der Waals surface area (Å²) >= 11 is 0. The monoisotopic (exact) mass is 390 g/mol. The SMILES string of the molecule is C=C(CCCC(=O)OCC(F)(F)F)C(=C)CCCC(=O)OCC(F)(F)F. The van der Waals surface area contributed by atoms with Crippen LogP contribution in [0.15, 0.2) is 24.3 Å². The molecule has 0 spiro atoms. The number of carbonyl (C=O) groups excluding carboxylic acids is 2. The van der Waals surface area contributed by atoms with E-state index in [2.05, 4.69) is 22.6 Å². The zero-order chi connectivity index (χ0) is 20.4. The van der Waals surface area contributed by atoms with Crippen molar-refractivity contribution in [3.63, 3.8) is 0 Å². The largest absolute Gasteiger partial charge is 0.456 e. The minimum absolute atomic E-state index is 0.210. The summed E-state index contributed by atoms with van der Waals surface area (Å²) in [6.45, 7) is 4.14. The molecule has 0 N–H and O–H groups in total. The molecule has 0 bridgehead atoms. The van der Waals surface area contributed by atoms with Crippen LogP contribution < -0.4 is 0 Å². The standard InChI is InChI=1S/C16H20F6O4/c1-11(5-3-7-13(23)25-9-15(17,18)19)12(2)6-4-8-14(24)26-10-16(20,21)22/h1-10H2. The average Bonchev–Trinajstić information content (AvgIpc) is 2.49. The van der Waals surface area contributed by atoms with Gasteiger partial charge in [0.05, 0.1) is 0 Å². The molecule has 10 heteroatoms. The molecule has 0 aromatic carbocycles. The van der Waals surface area contributed by atoms with Crippen molar-refractivity contribution >= 4 is 11.9 Å². The quantitative estimate of drug-likeness (QED) is 0.293. The van der Waals surface area contributed by atoms with Crippen molar-refractivity contribution in [3.05, 3.63) is 24.3 Å². The summed E-state index contributed by atoms with van der Waals surface area (Å²) in [7, 11) is 0. The third-order valence-electron chi connectivity index (χ3n) is 3.01. The van der Waals surface area contributed by atoms with Crippen LogP contribution in [-0.4, -0.2) is 37.5 Å². The van der Waals surface area contributed by atoms with E-state index in [-0.39, 0.29) is 25.7 Å². The van der Waals surface area contributed by atoms with Gasteiger partial charge in [-0.15, -0.1) is 0 Å². The molecule has 4 nitrogen and oxygen atoms in total. The van der Waals surface area contributed by atoms with Gasteiger partial charge in [-0.25, -0.2) is 0 Å². The van der Waals surface area contributed by atoms with Crippen molar-refractivity contribution in [2.45, 2.75) is 50.9 Å². The summed E-state index contributed by atoms with van der Waals surface area (Å²) in [5, 5.41) is 0. The van der Waals surface area contributed by atoms with Crippen LogP contribution in [0.4, 0.5) is 26.3 Å². The lowest BCUT2D eigenvalue weighted by atomic mass is 9.99. The Morgan fingerprint density at radius 2 is 0.962 bits per heavy atom. The second-order valence-corrected chi connectivity index (χ2v) is 5.47. The topological polar surface area (TPSA) is 52.6 Å². The van der Waals surface area contributed by atoms with E-state index in [0.717, 1.165) is 0 Å². The minimum atomic E-state index is -4.57. The van der Waals surface area contributed by atoms with E-state index in [0.29, 0.717) is 24.0 Å². The molecule has 150 valence electrons. The predicted molar refractivity (Wildman–Crippen MR) is 80.0 cm³/mol. The Kier molecular flexibility index (Phi) is 10.0. The fraction of sp³-hybridized carbons (Fsp3) is 0.625. The van der Waals surface area contributed by atoms with Crippen molar-refractivity contribution in [1.82, 2.24) is 0 Å². The number of esters is 2. The molecule has 0 aliphatic rings. The average molecular weight is 390 g/mol. The van der Waals surface area contributed by atoms with E-state index < -0.39 is 37.5 Å². The summed E-state index contributed by atoms with van der Waals surface area (Å²) in [4.78, 5) is 22.2. The third-order valence-corrected chi connectivity index (χ3v) is 3.01. The molecule has 0 amide bonds. The molecular weight excluding hydrogens is 370 g/mol. The van der Waals surface area contributed by atoms with Crippen LogP contribution in [0.25, 0.3) is 0 Å². The molecule has 0 aromatic rings. The van der Waals surface area contributed by atoms with Gasteiger partial charge in [-0.1, -0.05) is 24.3 Å². The molecule has 0 rings (SSSR count). The highest BCUT2D eigenvalue weighted by molar-refractivity contribution is 5.69. The van der Waals surface area contributed by atoms with E-state index in [1.165, 1.54) is 0 Å². The molecule has 0 aliphatic carbocycles. The number of alkyl halides is 6. The Hall–Kier alpha value is -2.00. The first-order valence-electron chi connectivity index (χ1n) is 7.61. The maximum Gasteiger partial charge on any atom is 0.422 e. The van der Waals surface area contributed by atoms with Gasteiger partial charge in [0.2, 0.25) is 0 Å². The molecule has 0 radical (unpaired) electrons. The van der Waals surface area contributed by atoms with Gasteiger partial charge < -0.3 is 9.47 Å². The summed E-state index contributed by atoms with van der Waals surface area (Å²) in [6.07, 6.45) is -8.58. The van der Waals surface area contributed by atoms with Crippen LogP contribution in [0, 0.1) is 0 Å². The van der Waals surface area contributed by atoms with Crippen LogP contribution in [-0.2, 0) is 19.1 Å². The van der Waals surface area contributed by atoms with Gasteiger partial charge in [0.25, 0.3) is 0 Å². The molecule has 0 unspecified atom stereocenters. The smallest absolute Gasteiger partial charge is 0.422 e. The fourth-order valence-corrected chi connectivity index (χ4v) is 1.71. The van der Waals surface area contributed by atoms with Crippen LogP contribution in [0.2, 0.25) is 0 Å². The summed E-state index contributed by atoms with van der Waals surface area (Å²) in [6, 6.07) is 0. The molecule has 0 atom stereocenters. The van der Waals surface area contributed by atoms with Crippen LogP contribution in [0.1, 0.15) is 38.5 Å². The summed E-state index contributed by atoms with van der Waals surface area (Å²) in [5.41, 5.74) is 1.08. The van der Waals surface area contributed by atoms with Crippen molar-refractivity contribution < 1.29 is 45.4 Å². The van der Waals surface area contributed by atoms with Crippen LogP contribution in [0.3, 0.4) is 0 Å². The highest BCUT2D eigenvalue weighted by Gasteiger charge is 2.30. The number of rotatable bonds is 11. The Morgan fingerprint density at radius 3 is 1.23 bits per heavy atom. The van der Waals surface area contributed by atoms with Crippen molar-refractivity contribution in [1.29, 1.82) is 0 Å². The highest BCUT2D eigenvalue weighted by atomic mass is 19.4. The predicted octanol–water partition coefficient (Wildman–Crippen LogP) is 4.65. The van der Waals surface area contributed by atoms with Gasteiger partial charge in [-0.3, -0.25) is 9.59 Å². The molecule has 0 fully saturated rings. The summed E-state index contributed by atoms with van der Waals surface area (Å²) < 4.78 is 79.3. The maximum atomic E-state index is 11.9. The van der Waals surface area contributed by atoms with E-state index in [9.17, 15) is 35.9 Å². The zero-order valence-corrected chi connectivity index (χ0v) is 14.0. The second-order valence-electron chi connectivity index (χ2n) is 5.47. The molecule has 0 saturated heterocycles. The summed E-state index contributed by atoms with van der Waals surface area (Å²) in [5.74, 6) is -1.96. The van der Waals surface area contributed by atoms with Crippen LogP contribution in [0.5, 0.6) is 0 Å². The second kappa shape index (κ2) is 10.9. The van der Waals surface area contributed by atoms with Crippen molar-refractivity contribution in [2.75, 3.05) is 13.2 Å². The first-order valence-corrected chi connectivity index (χ1v) is 7.61. The van der Waals surface area contributed by atoms with Gasteiger partial charge in [0.15, 0.2) is 13.2 Å². The number of hydrogen-bond donors (Lipinski definition) is 0. The zero-order valence-electron chi connectivity index (χ0n) is 14.0. The lowest BCUT2D eigenvalue weighted by Gasteiger charge is -2.11. The van der Waals surface area contributed by atoms with Crippen molar-refractivity contribution in [3.8, 4) is 0 Å². The third kappa shape index (κ3) is 14.4. The number of hydrogen-bond acceptors (Lipinski definition) is 4. The normalized spacial score (nSPS) is 11.8. The number of halogens is 6. The minimum Gasteiger partial charge on any atom is -0.456 e. The Bertz CT molecular complexity index is 462. The van der Waals surface area contributed by atoms with Crippen molar-refractivity contribution in [2.24, 2.45) is 0 Å². The van der Waals surface area contributed by atoms with E-state index in [1.807, 2.05) is 0 Å². The molecule has 0 aliphatic heterocycles. The molecule has 0 aromatic heterocycles. The molecular formula is C16H20F6O4. The van der Waals surface area contributed by atoms with Gasteiger partial charge in [0.1, 0.15) is 0 Å². The molecule has 0 heterocycles. The van der Waals surface area contributed by atoms with E-state index in [1.54, 1.807) is 0 Å². The lowest BCUT2D eigenvalue weighted by molar-refractivity contribution is -0.186. The lowest BCUT2D eigenvalue weighted by Crippen LogP contribution is -2.20. The van der Waals surface area contributed by atoms with Gasteiger partial charge in [-0.05, 0) is 25.7 Å². The molecule has 26 heavy (non-hydrogen) atoms. The van der Waals surface area contributed by atoms with E-state index >= 15 is 0 Å². The molecule has 0 saturated carbocycles. The first kappa shape index (κ1) is 24.0. The van der Waals surface area contributed by atoms with Crippen LogP contribution >= 0.6 is 0 Å². The Morgan fingerprint density at radius 1 is 0.654 bits per heavy atom. The maximum absolute atomic E-state index is 11.9. The van der Waals surface area contributed by atoms with Gasteiger partial charge >= 0.3 is 24.3 Å². The Balaban J connectivity index is 3.88. The van der Waals surface area contributed by atoms with Gasteiger partial charge in [0, 0.05) is 12.8 Å². The number of carbonyl (C=O) groups is 2. The number of ether oxygens (including phenoxy) is 2. The Labute approximate surface area is 146 Å². The highest BCUT2D eigenvalue weighted by Crippen LogP contribution is 2.20. The van der Waals surface area contributed by atoms with E-state index in [4.69, 9.17) is 0 Å². The first-order chi connectivity index (χ1) is 11.8. The number of allylic oxidation sites excluding steroid dienone is 2. The fourth-order valence-electron chi connectivity index (χ4n) is 1.71.